The molecule has 0 saturated heterocycles. The van der Waals surface area contributed by atoms with Crippen LogP contribution in [0.5, 0.6) is 5.75 Å². The van der Waals surface area contributed by atoms with E-state index in [1.54, 1.807) is 48.5 Å². The molecule has 4 aromatic rings. The summed E-state index contributed by atoms with van der Waals surface area (Å²) < 4.78 is 33.0. The highest BCUT2D eigenvalue weighted by molar-refractivity contribution is 7.92. The number of carbonyl (C=O) groups excluding carboxylic acids is 2. The van der Waals surface area contributed by atoms with Crippen LogP contribution in [0.2, 0.25) is 5.02 Å². The van der Waals surface area contributed by atoms with Crippen LogP contribution in [0.25, 0.3) is 0 Å². The first-order valence-corrected chi connectivity index (χ1v) is 17.0. The van der Waals surface area contributed by atoms with Crippen molar-refractivity contribution in [2.75, 3.05) is 23.7 Å². The molecule has 1 atom stereocenters. The van der Waals surface area contributed by atoms with Gasteiger partial charge in [-0.25, -0.2) is 8.42 Å². The van der Waals surface area contributed by atoms with E-state index in [2.05, 4.69) is 5.32 Å². The predicted octanol–water partition coefficient (Wildman–Crippen LogP) is 5.85. The van der Waals surface area contributed by atoms with Gasteiger partial charge in [0.2, 0.25) is 21.8 Å². The van der Waals surface area contributed by atoms with Gasteiger partial charge in [-0.05, 0) is 59.5 Å². The SMILES string of the molecule is CCCNC(=O)C(Cc1ccccc1)N(Cc1ccc(Cl)cc1)C(=O)CN(c1ccc(OCc2ccccc2)cc1)S(C)(=O)=O. The maximum absolute atomic E-state index is 14.2. The van der Waals surface area contributed by atoms with E-state index in [9.17, 15) is 18.0 Å². The summed E-state index contributed by atoms with van der Waals surface area (Å²) in [6.45, 7) is 2.34. The normalized spacial score (nSPS) is 11.8. The first-order chi connectivity index (χ1) is 21.6. The topological polar surface area (TPSA) is 96.0 Å². The monoisotopic (exact) mass is 647 g/mol. The van der Waals surface area contributed by atoms with Gasteiger partial charge in [0.25, 0.3) is 0 Å². The molecule has 0 bridgehead atoms. The number of benzene rings is 4. The van der Waals surface area contributed by atoms with E-state index in [0.717, 1.165) is 33.7 Å². The van der Waals surface area contributed by atoms with E-state index < -0.39 is 28.5 Å². The Labute approximate surface area is 270 Å². The highest BCUT2D eigenvalue weighted by atomic mass is 35.5. The van der Waals surface area contributed by atoms with Gasteiger partial charge in [-0.3, -0.25) is 13.9 Å². The lowest BCUT2D eigenvalue weighted by molar-refractivity contribution is -0.140. The minimum atomic E-state index is -3.89. The van der Waals surface area contributed by atoms with E-state index >= 15 is 0 Å². The average Bonchev–Trinajstić information content (AvgIpc) is 3.04. The minimum absolute atomic E-state index is 0.0803. The highest BCUT2D eigenvalue weighted by Crippen LogP contribution is 2.24. The molecule has 0 aliphatic carbocycles. The summed E-state index contributed by atoms with van der Waals surface area (Å²) >= 11 is 6.11. The number of carbonyl (C=O) groups is 2. The number of nitrogens with one attached hydrogen (secondary N) is 1. The van der Waals surface area contributed by atoms with Crippen LogP contribution in [0.4, 0.5) is 5.69 Å². The Balaban J connectivity index is 1.63. The zero-order chi connectivity index (χ0) is 32.2. The molecular formula is C35H38ClN3O5S. The van der Waals surface area contributed by atoms with Crippen LogP contribution in [0.1, 0.15) is 30.0 Å². The van der Waals surface area contributed by atoms with Crippen molar-refractivity contribution in [2.45, 2.75) is 39.0 Å². The van der Waals surface area contributed by atoms with E-state index in [1.165, 1.54) is 4.90 Å². The number of nitrogens with zero attached hydrogens (tertiary/aromatic N) is 2. The number of anilines is 1. The number of rotatable bonds is 15. The maximum Gasteiger partial charge on any atom is 0.244 e. The zero-order valence-electron chi connectivity index (χ0n) is 25.4. The largest absolute Gasteiger partial charge is 0.489 e. The fraction of sp³-hybridized carbons (Fsp3) is 0.257. The van der Waals surface area contributed by atoms with Gasteiger partial charge < -0.3 is 15.0 Å². The van der Waals surface area contributed by atoms with Gasteiger partial charge >= 0.3 is 0 Å². The maximum atomic E-state index is 14.2. The van der Waals surface area contributed by atoms with E-state index in [-0.39, 0.29) is 18.9 Å². The average molecular weight is 648 g/mol. The Bertz CT molecular complexity index is 1630. The summed E-state index contributed by atoms with van der Waals surface area (Å²) in [6.07, 6.45) is 2.03. The summed E-state index contributed by atoms with van der Waals surface area (Å²) in [4.78, 5) is 29.2. The fourth-order valence-electron chi connectivity index (χ4n) is 4.77. The van der Waals surface area contributed by atoms with Crippen molar-refractivity contribution in [3.63, 3.8) is 0 Å². The predicted molar refractivity (Wildman–Crippen MR) is 179 cm³/mol. The second kappa shape index (κ2) is 16.1. The molecule has 0 aromatic heterocycles. The molecule has 0 radical (unpaired) electrons. The zero-order valence-corrected chi connectivity index (χ0v) is 27.0. The Hall–Kier alpha value is -4.34. The molecule has 0 aliphatic heterocycles. The number of halogens is 1. The van der Waals surface area contributed by atoms with Crippen LogP contribution in [0, 0.1) is 0 Å². The molecule has 0 saturated carbocycles. The Morgan fingerprint density at radius 3 is 2.00 bits per heavy atom. The Morgan fingerprint density at radius 2 is 1.42 bits per heavy atom. The van der Waals surface area contributed by atoms with Gasteiger partial charge in [0, 0.05) is 24.5 Å². The van der Waals surface area contributed by atoms with Crippen molar-refractivity contribution in [1.82, 2.24) is 10.2 Å². The number of hydrogen-bond acceptors (Lipinski definition) is 5. The minimum Gasteiger partial charge on any atom is -0.489 e. The standard InChI is InChI=1S/C35H38ClN3O5S/c1-3-22-37-35(41)33(23-27-10-6-4-7-11-27)38(24-28-14-16-30(36)17-15-28)34(40)25-39(45(2,42)43)31-18-20-32(21-19-31)44-26-29-12-8-5-9-13-29/h4-21,33H,3,22-26H2,1-2H3,(H,37,41). The molecule has 0 heterocycles. The Kier molecular flexibility index (Phi) is 12.0. The van der Waals surface area contributed by atoms with Gasteiger partial charge in [-0.1, -0.05) is 91.3 Å². The third-order valence-corrected chi connectivity index (χ3v) is 8.53. The van der Waals surface area contributed by atoms with Crippen molar-refractivity contribution >= 4 is 39.1 Å². The van der Waals surface area contributed by atoms with Crippen LogP contribution < -0.4 is 14.4 Å². The second-order valence-electron chi connectivity index (χ2n) is 10.7. The van der Waals surface area contributed by atoms with E-state index in [4.69, 9.17) is 16.3 Å². The molecule has 0 fully saturated rings. The van der Waals surface area contributed by atoms with E-state index in [0.29, 0.717) is 29.6 Å². The first-order valence-electron chi connectivity index (χ1n) is 14.7. The lowest BCUT2D eigenvalue weighted by atomic mass is 10.0. The summed E-state index contributed by atoms with van der Waals surface area (Å²) in [7, 11) is -3.89. The summed E-state index contributed by atoms with van der Waals surface area (Å²) in [5.74, 6) is -0.275. The van der Waals surface area contributed by atoms with Gasteiger partial charge in [0.1, 0.15) is 24.9 Å². The van der Waals surface area contributed by atoms with Crippen LogP contribution in [-0.2, 0) is 39.2 Å². The number of sulfonamides is 1. The van der Waals surface area contributed by atoms with Crippen molar-refractivity contribution < 1.29 is 22.7 Å². The van der Waals surface area contributed by atoms with Gasteiger partial charge in [-0.2, -0.15) is 0 Å². The van der Waals surface area contributed by atoms with Gasteiger partial charge in [0.05, 0.1) is 11.9 Å². The van der Waals surface area contributed by atoms with Crippen molar-refractivity contribution in [1.29, 1.82) is 0 Å². The molecule has 1 unspecified atom stereocenters. The molecular weight excluding hydrogens is 610 g/mol. The molecule has 10 heteroatoms. The molecule has 4 rings (SSSR count). The number of ether oxygens (including phenoxy) is 1. The molecule has 8 nitrogen and oxygen atoms in total. The quantitative estimate of drug-likeness (QED) is 0.175. The smallest absolute Gasteiger partial charge is 0.244 e. The van der Waals surface area contributed by atoms with Crippen LogP contribution in [-0.4, -0.2) is 50.5 Å². The lowest BCUT2D eigenvalue weighted by Crippen LogP contribution is -2.53. The summed E-state index contributed by atoms with van der Waals surface area (Å²) in [5.41, 5.74) is 2.92. The highest BCUT2D eigenvalue weighted by Gasteiger charge is 2.33. The third-order valence-electron chi connectivity index (χ3n) is 7.14. The molecule has 4 aromatic carbocycles. The molecule has 0 aliphatic rings. The van der Waals surface area contributed by atoms with Crippen molar-refractivity contribution in [2.24, 2.45) is 0 Å². The summed E-state index contributed by atoms with van der Waals surface area (Å²) in [5, 5.41) is 3.47. The third kappa shape index (κ3) is 10.1. The number of hydrogen-bond donors (Lipinski definition) is 1. The molecule has 1 N–H and O–H groups in total. The van der Waals surface area contributed by atoms with Crippen molar-refractivity contribution in [3.8, 4) is 5.75 Å². The summed E-state index contributed by atoms with van der Waals surface area (Å²) in [6, 6.07) is 31.8. The van der Waals surface area contributed by atoms with E-state index in [1.807, 2.05) is 67.6 Å². The van der Waals surface area contributed by atoms with Crippen molar-refractivity contribution in [3.05, 3.63) is 131 Å². The Morgan fingerprint density at radius 1 is 0.822 bits per heavy atom. The molecule has 2 amide bonds. The molecule has 45 heavy (non-hydrogen) atoms. The lowest BCUT2D eigenvalue weighted by Gasteiger charge is -2.33. The fourth-order valence-corrected chi connectivity index (χ4v) is 5.75. The van der Waals surface area contributed by atoms with Crippen LogP contribution in [0.15, 0.2) is 109 Å². The van der Waals surface area contributed by atoms with Crippen LogP contribution in [0.3, 0.4) is 0 Å². The van der Waals surface area contributed by atoms with Crippen LogP contribution >= 0.6 is 11.6 Å². The molecule has 236 valence electrons. The first kappa shape index (κ1) is 33.6. The second-order valence-corrected chi connectivity index (χ2v) is 13.0. The van der Waals surface area contributed by atoms with Gasteiger partial charge in [-0.15, -0.1) is 0 Å². The number of amides is 2. The van der Waals surface area contributed by atoms with Gasteiger partial charge in [0.15, 0.2) is 0 Å². The molecule has 0 spiro atoms.